The zero-order chi connectivity index (χ0) is 23.0. The Morgan fingerprint density at radius 3 is 1.91 bits per heavy atom. The van der Waals surface area contributed by atoms with E-state index < -0.39 is 0 Å². The molecule has 0 fully saturated rings. The lowest BCUT2D eigenvalue weighted by atomic mass is 9.89. The van der Waals surface area contributed by atoms with Crippen LogP contribution in [0.25, 0.3) is 0 Å². The van der Waals surface area contributed by atoms with E-state index in [1.807, 2.05) is 91.9 Å². The molecule has 0 bridgehead atoms. The van der Waals surface area contributed by atoms with Gasteiger partial charge in [-0.1, -0.05) is 97.9 Å². The highest BCUT2D eigenvalue weighted by atomic mass is 16.7. The van der Waals surface area contributed by atoms with Crippen molar-refractivity contribution in [3.63, 3.8) is 0 Å². The Bertz CT molecular complexity index is 1220. The number of nitrogens with zero attached hydrogens (tertiary/aromatic N) is 1. The van der Waals surface area contributed by atoms with Crippen LogP contribution >= 0.6 is 0 Å². The van der Waals surface area contributed by atoms with Crippen molar-refractivity contribution in [2.75, 3.05) is 0 Å². The molecule has 168 valence electrons. The van der Waals surface area contributed by atoms with Crippen LogP contribution in [-0.2, 0) is 13.2 Å². The fourth-order valence-electron chi connectivity index (χ4n) is 4.04. The van der Waals surface area contributed by atoms with E-state index in [1.165, 1.54) is 4.73 Å². The standard InChI is InChI=1S/C29H29NO3/c1-3-26(25-17-11-6-12-18-25)28-27(32-20-23-13-7-4-8-14-23)19-22(2)30(29(28)31)33-21-24-15-9-5-10-16-24/h4-19,26H,3,20-21H2,1-2H3. The Morgan fingerprint density at radius 2 is 1.33 bits per heavy atom. The first kappa shape index (κ1) is 22.4. The van der Waals surface area contributed by atoms with Crippen molar-refractivity contribution in [2.45, 2.75) is 39.4 Å². The van der Waals surface area contributed by atoms with Crippen molar-refractivity contribution in [1.29, 1.82) is 0 Å². The molecule has 0 spiro atoms. The van der Waals surface area contributed by atoms with Crippen molar-refractivity contribution in [3.05, 3.63) is 135 Å². The molecule has 3 aromatic carbocycles. The molecule has 4 aromatic rings. The quantitative estimate of drug-likeness (QED) is 0.326. The molecule has 0 aliphatic rings. The van der Waals surface area contributed by atoms with Gasteiger partial charge in [0.05, 0.1) is 11.3 Å². The van der Waals surface area contributed by atoms with E-state index in [4.69, 9.17) is 9.57 Å². The maximum atomic E-state index is 13.8. The number of ether oxygens (including phenoxy) is 1. The van der Waals surface area contributed by atoms with Crippen LogP contribution in [0.2, 0.25) is 0 Å². The average Bonchev–Trinajstić information content (AvgIpc) is 2.86. The third-order valence-corrected chi connectivity index (χ3v) is 5.74. The van der Waals surface area contributed by atoms with Crippen LogP contribution in [0.3, 0.4) is 0 Å². The monoisotopic (exact) mass is 439 g/mol. The van der Waals surface area contributed by atoms with Gasteiger partial charge in [0.15, 0.2) is 0 Å². The molecule has 0 amide bonds. The maximum Gasteiger partial charge on any atom is 0.290 e. The molecule has 0 radical (unpaired) electrons. The van der Waals surface area contributed by atoms with Crippen molar-refractivity contribution in [3.8, 4) is 5.75 Å². The number of aryl methyl sites for hydroxylation is 1. The van der Waals surface area contributed by atoms with Crippen LogP contribution in [0.1, 0.15) is 47.2 Å². The Kier molecular flexibility index (Phi) is 7.26. The van der Waals surface area contributed by atoms with Crippen molar-refractivity contribution >= 4 is 0 Å². The summed E-state index contributed by atoms with van der Waals surface area (Å²) in [5, 5.41) is 0. The topological polar surface area (TPSA) is 40.5 Å². The molecule has 0 aliphatic heterocycles. The number of pyridine rings is 1. The second kappa shape index (κ2) is 10.7. The fourth-order valence-corrected chi connectivity index (χ4v) is 4.04. The summed E-state index contributed by atoms with van der Waals surface area (Å²) in [6, 6.07) is 31.9. The summed E-state index contributed by atoms with van der Waals surface area (Å²) in [5.41, 5.74) is 4.29. The van der Waals surface area contributed by atoms with E-state index in [0.717, 1.165) is 23.1 Å². The molecule has 0 saturated carbocycles. The highest BCUT2D eigenvalue weighted by Gasteiger charge is 2.24. The molecular formula is C29H29NO3. The predicted octanol–water partition coefficient (Wildman–Crippen LogP) is 5.91. The lowest BCUT2D eigenvalue weighted by molar-refractivity contribution is 0.0828. The van der Waals surface area contributed by atoms with Gasteiger partial charge >= 0.3 is 0 Å². The van der Waals surface area contributed by atoms with Gasteiger partial charge in [-0.25, -0.2) is 0 Å². The van der Waals surface area contributed by atoms with Crippen LogP contribution in [0, 0.1) is 6.92 Å². The smallest absolute Gasteiger partial charge is 0.290 e. The predicted molar refractivity (Wildman–Crippen MR) is 132 cm³/mol. The highest BCUT2D eigenvalue weighted by molar-refractivity contribution is 5.42. The van der Waals surface area contributed by atoms with Crippen molar-refractivity contribution in [1.82, 2.24) is 4.73 Å². The number of hydrogen-bond acceptors (Lipinski definition) is 3. The Labute approximate surface area is 195 Å². The minimum Gasteiger partial charge on any atom is -0.488 e. The third kappa shape index (κ3) is 5.35. The molecule has 0 N–H and O–H groups in total. The van der Waals surface area contributed by atoms with E-state index in [-0.39, 0.29) is 11.5 Å². The Morgan fingerprint density at radius 1 is 0.788 bits per heavy atom. The third-order valence-electron chi connectivity index (χ3n) is 5.74. The molecule has 1 aromatic heterocycles. The van der Waals surface area contributed by atoms with Gasteiger partial charge in [0.1, 0.15) is 19.0 Å². The number of hydrogen-bond donors (Lipinski definition) is 0. The molecular weight excluding hydrogens is 410 g/mol. The summed E-state index contributed by atoms with van der Waals surface area (Å²) >= 11 is 0. The minimum atomic E-state index is -0.176. The van der Waals surface area contributed by atoms with E-state index >= 15 is 0 Å². The zero-order valence-corrected chi connectivity index (χ0v) is 19.1. The lowest BCUT2D eigenvalue weighted by Crippen LogP contribution is -2.33. The second-order valence-electron chi connectivity index (χ2n) is 8.07. The van der Waals surface area contributed by atoms with Gasteiger partial charge < -0.3 is 9.57 Å². The van der Waals surface area contributed by atoms with Crippen LogP contribution in [0.15, 0.2) is 102 Å². The maximum absolute atomic E-state index is 13.8. The molecule has 1 atom stereocenters. The summed E-state index contributed by atoms with van der Waals surface area (Å²) in [6.45, 7) is 4.67. The summed E-state index contributed by atoms with van der Waals surface area (Å²) in [6.07, 6.45) is 0.767. The highest BCUT2D eigenvalue weighted by Crippen LogP contribution is 2.33. The van der Waals surface area contributed by atoms with E-state index in [1.54, 1.807) is 0 Å². The van der Waals surface area contributed by atoms with Crippen molar-refractivity contribution < 1.29 is 9.57 Å². The van der Waals surface area contributed by atoms with Crippen LogP contribution in [0.4, 0.5) is 0 Å². The Hall–Kier alpha value is -3.79. The first-order valence-corrected chi connectivity index (χ1v) is 11.3. The number of benzene rings is 3. The fraction of sp³-hybridized carbons (Fsp3) is 0.207. The lowest BCUT2D eigenvalue weighted by Gasteiger charge is -2.22. The van der Waals surface area contributed by atoms with Gasteiger partial charge in [-0.15, -0.1) is 4.73 Å². The van der Waals surface area contributed by atoms with Crippen molar-refractivity contribution in [2.24, 2.45) is 0 Å². The Balaban J connectivity index is 1.74. The molecule has 4 nitrogen and oxygen atoms in total. The van der Waals surface area contributed by atoms with Gasteiger partial charge in [0, 0.05) is 12.0 Å². The molecule has 33 heavy (non-hydrogen) atoms. The molecule has 1 heterocycles. The SMILES string of the molecule is CCC(c1ccccc1)c1c(OCc2ccccc2)cc(C)n(OCc2ccccc2)c1=O. The normalized spacial score (nSPS) is 11.7. The minimum absolute atomic E-state index is 0.100. The van der Waals surface area contributed by atoms with E-state index in [9.17, 15) is 4.79 Å². The molecule has 0 aliphatic carbocycles. The van der Waals surface area contributed by atoms with Gasteiger partial charge in [-0.3, -0.25) is 4.79 Å². The van der Waals surface area contributed by atoms with Gasteiger partial charge in [0.2, 0.25) is 0 Å². The first-order chi connectivity index (χ1) is 16.2. The molecule has 4 rings (SSSR count). The first-order valence-electron chi connectivity index (χ1n) is 11.3. The van der Waals surface area contributed by atoms with Gasteiger partial charge in [-0.2, -0.15) is 0 Å². The zero-order valence-electron chi connectivity index (χ0n) is 19.1. The number of aromatic nitrogens is 1. The van der Waals surface area contributed by atoms with E-state index in [0.29, 0.717) is 30.2 Å². The molecule has 4 heteroatoms. The van der Waals surface area contributed by atoms with Gasteiger partial charge in [0.25, 0.3) is 5.56 Å². The van der Waals surface area contributed by atoms with Crippen LogP contribution in [-0.4, -0.2) is 4.73 Å². The largest absolute Gasteiger partial charge is 0.488 e. The van der Waals surface area contributed by atoms with Crippen LogP contribution < -0.4 is 15.1 Å². The average molecular weight is 440 g/mol. The van der Waals surface area contributed by atoms with Crippen LogP contribution in [0.5, 0.6) is 5.75 Å². The summed E-state index contributed by atoms with van der Waals surface area (Å²) < 4.78 is 7.64. The van der Waals surface area contributed by atoms with Gasteiger partial charge in [-0.05, 0) is 30.0 Å². The second-order valence-corrected chi connectivity index (χ2v) is 8.07. The molecule has 1 unspecified atom stereocenters. The summed E-state index contributed by atoms with van der Waals surface area (Å²) in [5.74, 6) is 0.508. The summed E-state index contributed by atoms with van der Waals surface area (Å²) in [4.78, 5) is 19.8. The van der Waals surface area contributed by atoms with E-state index in [2.05, 4.69) is 19.1 Å². The number of rotatable bonds is 9. The summed E-state index contributed by atoms with van der Waals surface area (Å²) in [7, 11) is 0. The molecule has 0 saturated heterocycles.